The highest BCUT2D eigenvalue weighted by molar-refractivity contribution is 5.60. The van der Waals surface area contributed by atoms with Gasteiger partial charge in [0.25, 0.3) is 0 Å². The molecule has 0 spiro atoms. The fraction of sp³-hybridized carbons (Fsp3) is 0.282. The summed E-state index contributed by atoms with van der Waals surface area (Å²) in [5, 5.41) is 18.5. The van der Waals surface area contributed by atoms with Crippen molar-refractivity contribution in [2.75, 3.05) is 0 Å². The summed E-state index contributed by atoms with van der Waals surface area (Å²) in [6.07, 6.45) is -5.70. The molecular weight excluding hydrogens is 670 g/mol. The largest absolute Gasteiger partial charge is 0.484 e. The standard InChI is InChI=1S/C39H32F6N4O2/c1-3-8-35(51-37(2)17-16-28(24-47)31(22-37)39(43,44)45)34-13-7-12-32(49-34)26-10-6-9-25(19-26)20-36(33-11-4-5-18-48-33)50-29-15-14-27(23-46)30(21-29)38(40,41)42/h4-7,9-16,18-19,21-22,35-36H,3,8,17,20H2,1-2H3. The van der Waals surface area contributed by atoms with E-state index >= 15 is 0 Å². The Morgan fingerprint density at radius 2 is 1.63 bits per heavy atom. The van der Waals surface area contributed by atoms with Crippen LogP contribution in [0.15, 0.2) is 108 Å². The van der Waals surface area contributed by atoms with Crippen molar-refractivity contribution in [3.8, 4) is 29.1 Å². The zero-order valence-electron chi connectivity index (χ0n) is 27.6. The molecule has 6 nitrogen and oxygen atoms in total. The lowest BCUT2D eigenvalue weighted by Crippen LogP contribution is -2.33. The van der Waals surface area contributed by atoms with Crippen molar-refractivity contribution in [1.82, 2.24) is 9.97 Å². The molecule has 0 radical (unpaired) electrons. The van der Waals surface area contributed by atoms with Crippen LogP contribution in [0.3, 0.4) is 0 Å². The topological polar surface area (TPSA) is 91.8 Å². The van der Waals surface area contributed by atoms with E-state index in [1.54, 1.807) is 61.7 Å². The molecule has 262 valence electrons. The Balaban J connectivity index is 1.42. The molecule has 2 aromatic carbocycles. The quantitative estimate of drug-likeness (QED) is 0.145. The lowest BCUT2D eigenvalue weighted by molar-refractivity contribution is -0.137. The summed E-state index contributed by atoms with van der Waals surface area (Å²) in [5.74, 6) is -0.0762. The molecule has 51 heavy (non-hydrogen) atoms. The number of ether oxygens (including phenoxy) is 2. The number of nitrogens with zero attached hydrogens (tertiary/aromatic N) is 4. The van der Waals surface area contributed by atoms with Crippen LogP contribution in [-0.4, -0.2) is 21.7 Å². The van der Waals surface area contributed by atoms with E-state index in [1.807, 2.05) is 31.2 Å². The number of pyridine rings is 2. The van der Waals surface area contributed by atoms with Gasteiger partial charge in [0.15, 0.2) is 0 Å². The summed E-state index contributed by atoms with van der Waals surface area (Å²) in [7, 11) is 0. The molecule has 4 aromatic rings. The van der Waals surface area contributed by atoms with Crippen molar-refractivity contribution in [2.45, 2.75) is 69.7 Å². The summed E-state index contributed by atoms with van der Waals surface area (Å²) >= 11 is 0. The minimum atomic E-state index is -4.75. The smallest absolute Gasteiger partial charge is 0.417 e. The van der Waals surface area contributed by atoms with E-state index in [-0.39, 0.29) is 18.6 Å². The predicted molar refractivity (Wildman–Crippen MR) is 177 cm³/mol. The van der Waals surface area contributed by atoms with Crippen LogP contribution >= 0.6 is 0 Å². The van der Waals surface area contributed by atoms with Gasteiger partial charge in [0.05, 0.1) is 57.1 Å². The summed E-state index contributed by atoms with van der Waals surface area (Å²) in [6, 6.07) is 24.2. The Morgan fingerprint density at radius 3 is 2.29 bits per heavy atom. The highest BCUT2D eigenvalue weighted by atomic mass is 19.4. The Labute approximate surface area is 291 Å². The van der Waals surface area contributed by atoms with E-state index in [9.17, 15) is 36.9 Å². The average molecular weight is 703 g/mol. The molecule has 0 fully saturated rings. The third-order valence-corrected chi connectivity index (χ3v) is 8.30. The number of halogens is 6. The second kappa shape index (κ2) is 15.2. The monoisotopic (exact) mass is 702 g/mol. The van der Waals surface area contributed by atoms with Gasteiger partial charge in [-0.25, -0.2) is 0 Å². The lowest BCUT2D eigenvalue weighted by atomic mass is 9.87. The predicted octanol–water partition coefficient (Wildman–Crippen LogP) is 10.4. The van der Waals surface area contributed by atoms with Gasteiger partial charge in [0.1, 0.15) is 18.0 Å². The number of hydrogen-bond acceptors (Lipinski definition) is 6. The first-order valence-electron chi connectivity index (χ1n) is 16.1. The van der Waals surface area contributed by atoms with Crippen molar-refractivity contribution < 1.29 is 35.8 Å². The number of nitriles is 2. The van der Waals surface area contributed by atoms with Crippen LogP contribution in [0.2, 0.25) is 0 Å². The third kappa shape index (κ3) is 9.02. The molecule has 2 aromatic heterocycles. The average Bonchev–Trinajstić information content (AvgIpc) is 3.11. The molecule has 1 aliphatic carbocycles. The van der Waals surface area contributed by atoms with Crippen LogP contribution in [0.5, 0.6) is 5.75 Å². The molecule has 0 saturated heterocycles. The zero-order chi connectivity index (χ0) is 36.8. The van der Waals surface area contributed by atoms with Crippen molar-refractivity contribution >= 4 is 0 Å². The number of benzene rings is 2. The number of alkyl halides is 6. The number of aromatic nitrogens is 2. The molecule has 1 aliphatic rings. The molecule has 5 rings (SSSR count). The first-order chi connectivity index (χ1) is 24.2. The van der Waals surface area contributed by atoms with Crippen molar-refractivity contribution in [3.05, 3.63) is 136 Å². The van der Waals surface area contributed by atoms with Gasteiger partial charge in [-0.2, -0.15) is 36.9 Å². The van der Waals surface area contributed by atoms with Crippen molar-refractivity contribution in [3.63, 3.8) is 0 Å². The van der Waals surface area contributed by atoms with Gasteiger partial charge in [-0.3, -0.25) is 9.97 Å². The van der Waals surface area contributed by atoms with Gasteiger partial charge < -0.3 is 9.47 Å². The van der Waals surface area contributed by atoms with Crippen LogP contribution in [0.25, 0.3) is 11.3 Å². The van der Waals surface area contributed by atoms with Gasteiger partial charge in [-0.05, 0) is 79.9 Å². The second-order valence-corrected chi connectivity index (χ2v) is 12.2. The van der Waals surface area contributed by atoms with Gasteiger partial charge in [0.2, 0.25) is 0 Å². The molecule has 0 N–H and O–H groups in total. The summed E-state index contributed by atoms with van der Waals surface area (Å²) in [5.41, 5.74) is -1.35. The molecule has 0 aliphatic heterocycles. The van der Waals surface area contributed by atoms with Crippen LogP contribution in [0.1, 0.15) is 73.4 Å². The van der Waals surface area contributed by atoms with Gasteiger partial charge >= 0.3 is 12.4 Å². The summed E-state index contributed by atoms with van der Waals surface area (Å²) < 4.78 is 94.8. The van der Waals surface area contributed by atoms with E-state index in [4.69, 9.17) is 14.5 Å². The van der Waals surface area contributed by atoms with E-state index in [2.05, 4.69) is 4.98 Å². The first-order valence-corrected chi connectivity index (χ1v) is 16.1. The minimum Gasteiger partial charge on any atom is -0.484 e. The molecule has 12 heteroatoms. The molecule has 3 atom stereocenters. The lowest BCUT2D eigenvalue weighted by Gasteiger charge is -2.34. The fourth-order valence-electron chi connectivity index (χ4n) is 5.86. The van der Waals surface area contributed by atoms with E-state index < -0.39 is 52.4 Å². The Morgan fingerprint density at radius 1 is 0.863 bits per heavy atom. The maximum atomic E-state index is 13.8. The maximum absolute atomic E-state index is 13.8. The summed E-state index contributed by atoms with van der Waals surface area (Å²) in [6.45, 7) is 3.49. The number of rotatable bonds is 11. The highest BCUT2D eigenvalue weighted by Gasteiger charge is 2.42. The first kappa shape index (κ1) is 36.8. The minimum absolute atomic E-state index is 0.0762. The van der Waals surface area contributed by atoms with Crippen LogP contribution in [-0.2, 0) is 17.3 Å². The normalized spacial score (nSPS) is 17.4. The zero-order valence-corrected chi connectivity index (χ0v) is 27.6. The SMILES string of the molecule is CCCC(OC1(C)C=C(C(F)(F)F)C(C#N)=CC1)c1cccc(-c2cccc(CC(Oc3ccc(C#N)c(C(F)(F)F)c3)c3ccccn3)c2)n1. The van der Waals surface area contributed by atoms with Gasteiger partial charge in [0, 0.05) is 18.2 Å². The number of hydrogen-bond donors (Lipinski definition) is 0. The second-order valence-electron chi connectivity index (χ2n) is 12.2. The molecule has 0 bridgehead atoms. The van der Waals surface area contributed by atoms with E-state index in [0.717, 1.165) is 23.8 Å². The Kier molecular flexibility index (Phi) is 11.0. The highest BCUT2D eigenvalue weighted by Crippen LogP contribution is 2.41. The van der Waals surface area contributed by atoms with Crippen molar-refractivity contribution in [1.29, 1.82) is 10.5 Å². The van der Waals surface area contributed by atoms with E-state index in [1.165, 1.54) is 12.1 Å². The van der Waals surface area contributed by atoms with E-state index in [0.29, 0.717) is 35.5 Å². The van der Waals surface area contributed by atoms with Crippen molar-refractivity contribution in [2.24, 2.45) is 0 Å². The maximum Gasteiger partial charge on any atom is 0.417 e. The fourth-order valence-corrected chi connectivity index (χ4v) is 5.86. The number of allylic oxidation sites excluding steroid dienone is 2. The Bertz CT molecular complexity index is 2010. The van der Waals surface area contributed by atoms with Crippen LogP contribution in [0.4, 0.5) is 26.3 Å². The van der Waals surface area contributed by atoms with Gasteiger partial charge in [-0.1, -0.05) is 49.8 Å². The van der Waals surface area contributed by atoms with Crippen LogP contribution in [0, 0.1) is 22.7 Å². The molecule has 0 saturated carbocycles. The van der Waals surface area contributed by atoms with Crippen LogP contribution < -0.4 is 4.74 Å². The van der Waals surface area contributed by atoms with Gasteiger partial charge in [-0.15, -0.1) is 0 Å². The third-order valence-electron chi connectivity index (χ3n) is 8.30. The summed E-state index contributed by atoms with van der Waals surface area (Å²) in [4.78, 5) is 9.21. The Hall–Kier alpha value is -5.46. The molecule has 0 amide bonds. The molecule has 2 heterocycles. The molecular formula is C39H32F6N4O2. The molecule has 3 unspecified atom stereocenters.